The number of rotatable bonds is 5. The third-order valence-corrected chi connectivity index (χ3v) is 6.28. The molecule has 0 saturated carbocycles. The van der Waals surface area contributed by atoms with Crippen molar-refractivity contribution in [2.24, 2.45) is 0 Å². The van der Waals surface area contributed by atoms with Crippen LogP contribution in [0, 0.1) is 5.82 Å². The molecule has 0 aliphatic rings. The van der Waals surface area contributed by atoms with Gasteiger partial charge in [-0.2, -0.15) is 0 Å². The smallest absolute Gasteiger partial charge is 0.266 e. The number of hydrogen-bond donors (Lipinski definition) is 3. The van der Waals surface area contributed by atoms with Crippen LogP contribution < -0.4 is 15.8 Å². The lowest BCUT2D eigenvalue weighted by molar-refractivity contribution is 0.480. The van der Waals surface area contributed by atoms with Gasteiger partial charge in [0, 0.05) is 16.6 Å². The van der Waals surface area contributed by atoms with Crippen molar-refractivity contribution < 1.29 is 17.9 Å². The van der Waals surface area contributed by atoms with Gasteiger partial charge in [0.25, 0.3) is 11.1 Å². The van der Waals surface area contributed by atoms with Crippen LogP contribution in [0.15, 0.2) is 76.3 Å². The van der Waals surface area contributed by atoms with Crippen molar-refractivity contribution in [2.75, 3.05) is 11.0 Å². The van der Waals surface area contributed by atoms with Crippen LogP contribution in [0.1, 0.15) is 5.56 Å². The minimum atomic E-state index is -3.56. The topological polar surface area (TPSA) is 134 Å². The van der Waals surface area contributed by atoms with Gasteiger partial charge in [0.1, 0.15) is 23.0 Å². The maximum absolute atomic E-state index is 14.4. The van der Waals surface area contributed by atoms with E-state index in [0.29, 0.717) is 10.9 Å². The molecule has 3 aromatic carbocycles. The number of hydrogen-bond acceptors (Lipinski definition) is 6. The molecule has 0 bridgehead atoms. The highest BCUT2D eigenvalue weighted by molar-refractivity contribution is 7.92. The number of nitrogens with zero attached hydrogens (tertiary/aromatic N) is 2. The Hall–Kier alpha value is -4.51. The molecule has 0 atom stereocenters. The number of aromatic amines is 1. The van der Waals surface area contributed by atoms with Crippen LogP contribution in [0.25, 0.3) is 33.2 Å². The summed E-state index contributed by atoms with van der Waals surface area (Å²) in [6.07, 6.45) is 0.984. The number of benzene rings is 3. The van der Waals surface area contributed by atoms with Crippen molar-refractivity contribution in [1.29, 1.82) is 0 Å². The molecule has 0 fully saturated rings. The summed E-state index contributed by atoms with van der Waals surface area (Å²) in [5.41, 5.74) is -0.556. The van der Waals surface area contributed by atoms with Crippen molar-refractivity contribution in [3.8, 4) is 17.1 Å². The number of fused-ring (bicyclic) bond motifs is 2. The lowest BCUT2D eigenvalue weighted by Gasteiger charge is -2.15. The van der Waals surface area contributed by atoms with Crippen molar-refractivity contribution in [3.05, 3.63) is 98.8 Å². The zero-order valence-corrected chi connectivity index (χ0v) is 19.6. The van der Waals surface area contributed by atoms with E-state index in [1.165, 1.54) is 28.8 Å². The minimum absolute atomic E-state index is 0.0827. The average Bonchev–Trinajstić information content (AvgIpc) is 2.82. The molecule has 0 amide bonds. The molecular weight excluding hydrogens is 487 g/mol. The number of para-hydroxylation sites is 1. The van der Waals surface area contributed by atoms with E-state index in [1.54, 1.807) is 42.5 Å². The molecule has 2 heterocycles. The maximum atomic E-state index is 14.4. The second kappa shape index (κ2) is 8.61. The number of halogens is 1. The van der Waals surface area contributed by atoms with Gasteiger partial charge in [0.2, 0.25) is 10.0 Å². The summed E-state index contributed by atoms with van der Waals surface area (Å²) < 4.78 is 41.1. The van der Waals surface area contributed by atoms with Gasteiger partial charge in [-0.3, -0.25) is 14.3 Å². The lowest BCUT2D eigenvalue weighted by Crippen LogP contribution is -2.25. The number of nitrogens with one attached hydrogen (secondary N) is 2. The summed E-state index contributed by atoms with van der Waals surface area (Å²) in [6, 6.07) is 16.8. The monoisotopic (exact) mass is 506 g/mol. The quantitative estimate of drug-likeness (QED) is 0.335. The minimum Gasteiger partial charge on any atom is -0.506 e. The second-order valence-corrected chi connectivity index (χ2v) is 9.99. The van der Waals surface area contributed by atoms with Crippen LogP contribution in [0.5, 0.6) is 5.75 Å². The first-order chi connectivity index (χ1) is 17.1. The molecule has 0 aliphatic heterocycles. The molecule has 0 unspecified atom stereocenters. The van der Waals surface area contributed by atoms with Crippen molar-refractivity contribution in [2.45, 2.75) is 6.54 Å². The third kappa shape index (κ3) is 4.20. The molecule has 9 nitrogen and oxygen atoms in total. The summed E-state index contributed by atoms with van der Waals surface area (Å²) in [4.78, 5) is 33.4. The van der Waals surface area contributed by atoms with E-state index in [-0.39, 0.29) is 45.8 Å². The fraction of sp³-hybridized carbons (Fsp3) is 0.0800. The molecule has 5 aromatic rings. The first-order valence-electron chi connectivity index (χ1n) is 10.7. The zero-order valence-electron chi connectivity index (χ0n) is 18.8. The van der Waals surface area contributed by atoms with Gasteiger partial charge in [-0.05, 0) is 36.4 Å². The highest BCUT2D eigenvalue weighted by Crippen LogP contribution is 2.32. The van der Waals surface area contributed by atoms with Crippen molar-refractivity contribution in [3.63, 3.8) is 0 Å². The number of H-pyrrole nitrogens is 1. The summed E-state index contributed by atoms with van der Waals surface area (Å²) in [5, 5.41) is 11.4. The zero-order chi connectivity index (χ0) is 25.6. The predicted molar refractivity (Wildman–Crippen MR) is 135 cm³/mol. The summed E-state index contributed by atoms with van der Waals surface area (Å²) in [5.74, 6) is -1.04. The van der Waals surface area contributed by atoms with Gasteiger partial charge < -0.3 is 14.7 Å². The van der Waals surface area contributed by atoms with E-state index in [1.807, 2.05) is 0 Å². The van der Waals surface area contributed by atoms with Gasteiger partial charge in [-0.1, -0.05) is 30.3 Å². The highest BCUT2D eigenvalue weighted by atomic mass is 32.2. The van der Waals surface area contributed by atoms with E-state index in [0.717, 1.165) is 6.26 Å². The Bertz CT molecular complexity index is 1900. The number of sulfonamides is 1. The standard InChI is InChI=1S/C25H19FN4O5S/c1-36(34,35)29-15-10-11-19-17(12-15)24(32)28-23(27-19)21-22(31)16-7-3-5-9-20(16)30(25(21)33)13-14-6-2-4-8-18(14)26/h2-12,29,31H,13H2,1H3,(H,27,28,32). The number of aromatic hydroxyl groups is 1. The van der Waals surface area contributed by atoms with Crippen LogP contribution in [-0.2, 0) is 16.6 Å². The van der Waals surface area contributed by atoms with Gasteiger partial charge >= 0.3 is 0 Å². The first-order valence-corrected chi connectivity index (χ1v) is 12.6. The van der Waals surface area contributed by atoms with E-state index in [9.17, 15) is 27.5 Å². The van der Waals surface area contributed by atoms with Crippen molar-refractivity contribution >= 4 is 37.5 Å². The Morgan fingerprint density at radius 2 is 1.75 bits per heavy atom. The molecule has 3 N–H and O–H groups in total. The van der Waals surface area contributed by atoms with E-state index in [4.69, 9.17) is 0 Å². The molecule has 5 rings (SSSR count). The van der Waals surface area contributed by atoms with Gasteiger partial charge in [-0.25, -0.2) is 17.8 Å². The van der Waals surface area contributed by atoms with E-state index in [2.05, 4.69) is 14.7 Å². The molecule has 0 radical (unpaired) electrons. The third-order valence-electron chi connectivity index (χ3n) is 5.68. The Labute approximate surface area is 203 Å². The molecule has 0 aliphatic carbocycles. The normalized spacial score (nSPS) is 11.7. The molecule has 2 aromatic heterocycles. The van der Waals surface area contributed by atoms with Gasteiger partial charge in [0.15, 0.2) is 0 Å². The number of anilines is 1. The fourth-order valence-corrected chi connectivity index (χ4v) is 4.65. The van der Waals surface area contributed by atoms with Crippen LogP contribution in [0.4, 0.5) is 10.1 Å². The average molecular weight is 507 g/mol. The van der Waals surface area contributed by atoms with Crippen molar-refractivity contribution in [1.82, 2.24) is 14.5 Å². The molecular formula is C25H19FN4O5S. The van der Waals surface area contributed by atoms with Crippen LogP contribution in [-0.4, -0.2) is 34.3 Å². The molecule has 36 heavy (non-hydrogen) atoms. The summed E-state index contributed by atoms with van der Waals surface area (Å²) in [7, 11) is -3.56. The van der Waals surface area contributed by atoms with E-state index < -0.39 is 27.0 Å². The summed E-state index contributed by atoms with van der Waals surface area (Å²) in [6.45, 7) is -0.113. The van der Waals surface area contributed by atoms with Crippen LogP contribution in [0.2, 0.25) is 0 Å². The Balaban J connectivity index is 1.74. The first kappa shape index (κ1) is 23.2. The summed E-state index contributed by atoms with van der Waals surface area (Å²) >= 11 is 0. The Morgan fingerprint density at radius 1 is 1.03 bits per heavy atom. The highest BCUT2D eigenvalue weighted by Gasteiger charge is 2.21. The molecule has 11 heteroatoms. The van der Waals surface area contributed by atoms with Gasteiger partial charge in [-0.15, -0.1) is 0 Å². The number of pyridine rings is 1. The lowest BCUT2D eigenvalue weighted by atomic mass is 10.1. The maximum Gasteiger partial charge on any atom is 0.266 e. The fourth-order valence-electron chi connectivity index (χ4n) is 4.09. The molecule has 182 valence electrons. The van der Waals surface area contributed by atoms with E-state index >= 15 is 0 Å². The Kier molecular flexibility index (Phi) is 5.56. The molecule has 0 saturated heterocycles. The predicted octanol–water partition coefficient (Wildman–Crippen LogP) is 3.17. The SMILES string of the molecule is CS(=O)(=O)Nc1ccc2nc(-c3c(O)c4ccccc4n(Cc4ccccc4F)c3=O)[nH]c(=O)c2c1. The number of aromatic nitrogens is 3. The van der Waals surface area contributed by atoms with Crippen LogP contribution in [0.3, 0.4) is 0 Å². The van der Waals surface area contributed by atoms with Gasteiger partial charge in [0.05, 0.1) is 29.2 Å². The Morgan fingerprint density at radius 3 is 2.50 bits per heavy atom. The molecule has 0 spiro atoms. The largest absolute Gasteiger partial charge is 0.506 e. The second-order valence-electron chi connectivity index (χ2n) is 8.24. The van der Waals surface area contributed by atoms with Crippen LogP contribution >= 0.6 is 0 Å².